The molecule has 20 heavy (non-hydrogen) atoms. The highest BCUT2D eigenvalue weighted by atomic mass is 16.5. The molecule has 0 aliphatic carbocycles. The molecule has 3 rings (SSSR count). The van der Waals surface area contributed by atoms with Crippen LogP contribution in [0.2, 0.25) is 0 Å². The topological polar surface area (TPSA) is 83.5 Å². The molecule has 100 valence electrons. The van der Waals surface area contributed by atoms with Crippen LogP contribution in [0.1, 0.15) is 21.7 Å². The number of fused-ring (bicyclic) bond motifs is 1. The molecule has 0 spiro atoms. The van der Waals surface area contributed by atoms with Gasteiger partial charge in [0.15, 0.2) is 16.8 Å². The lowest BCUT2D eigenvalue weighted by Gasteiger charge is -2.02. The third kappa shape index (κ3) is 1.80. The first-order valence-corrected chi connectivity index (χ1v) is 5.92. The Hall–Kier alpha value is -2.82. The predicted octanol–water partition coefficient (Wildman–Crippen LogP) is 2.00. The molecule has 0 fully saturated rings. The summed E-state index contributed by atoms with van der Waals surface area (Å²) < 4.78 is 10.2. The molecule has 0 N–H and O–H groups in total. The quantitative estimate of drug-likeness (QED) is 0.664. The minimum Gasteiger partial charge on any atom is -0.572 e. The predicted molar refractivity (Wildman–Crippen MR) is 68.8 cm³/mol. The van der Waals surface area contributed by atoms with Gasteiger partial charge in [-0.3, -0.25) is 9.59 Å². The average molecular weight is 269 g/mol. The standard InChI is InChI=1S/C15H10O5/c1-8-7-10(16)13-14(19-8)11(15(18)20-13)12(17)9-5-3-2-4-6-9/h2-7,18H,1H3/p-1. The normalized spacial score (nSPS) is 10.8. The molecule has 0 saturated carbocycles. The Balaban J connectivity index is 2.29. The van der Waals surface area contributed by atoms with E-state index in [1.165, 1.54) is 6.07 Å². The van der Waals surface area contributed by atoms with Crippen LogP contribution in [0.15, 0.2) is 50.0 Å². The van der Waals surface area contributed by atoms with E-state index in [1.54, 1.807) is 37.3 Å². The van der Waals surface area contributed by atoms with Crippen LogP contribution in [-0.4, -0.2) is 5.78 Å². The second-order valence-electron chi connectivity index (χ2n) is 4.34. The van der Waals surface area contributed by atoms with E-state index in [9.17, 15) is 14.7 Å². The van der Waals surface area contributed by atoms with Gasteiger partial charge in [0.25, 0.3) is 0 Å². The van der Waals surface area contributed by atoms with Gasteiger partial charge in [-0.25, -0.2) is 0 Å². The summed E-state index contributed by atoms with van der Waals surface area (Å²) in [4.78, 5) is 24.1. The zero-order valence-electron chi connectivity index (χ0n) is 10.5. The van der Waals surface area contributed by atoms with Crippen molar-refractivity contribution < 1.29 is 18.7 Å². The number of hydrogen-bond donors (Lipinski definition) is 0. The summed E-state index contributed by atoms with van der Waals surface area (Å²) in [6.07, 6.45) is 0. The maximum Gasteiger partial charge on any atom is 0.199 e. The van der Waals surface area contributed by atoms with Crippen molar-refractivity contribution in [1.82, 2.24) is 0 Å². The molecule has 0 bridgehead atoms. The zero-order chi connectivity index (χ0) is 14.3. The highest BCUT2D eigenvalue weighted by molar-refractivity contribution is 6.16. The average Bonchev–Trinajstić information content (AvgIpc) is 2.76. The molecule has 0 atom stereocenters. The van der Waals surface area contributed by atoms with Gasteiger partial charge in [-0.05, 0) is 6.92 Å². The van der Waals surface area contributed by atoms with Crippen LogP contribution < -0.4 is 10.5 Å². The van der Waals surface area contributed by atoms with Gasteiger partial charge in [-0.2, -0.15) is 0 Å². The second-order valence-corrected chi connectivity index (χ2v) is 4.34. The Morgan fingerprint density at radius 3 is 2.50 bits per heavy atom. The Kier molecular flexibility index (Phi) is 2.68. The van der Waals surface area contributed by atoms with E-state index in [2.05, 4.69) is 0 Å². The first kappa shape index (κ1) is 12.2. The monoisotopic (exact) mass is 269 g/mol. The van der Waals surface area contributed by atoms with Gasteiger partial charge in [-0.15, -0.1) is 0 Å². The van der Waals surface area contributed by atoms with Gasteiger partial charge in [0, 0.05) is 11.6 Å². The maximum atomic E-state index is 12.3. The molecule has 3 aromatic rings. The fraction of sp³-hybridized carbons (Fsp3) is 0.0667. The summed E-state index contributed by atoms with van der Waals surface area (Å²) in [6, 6.07) is 9.49. The lowest BCUT2D eigenvalue weighted by atomic mass is 10.1. The van der Waals surface area contributed by atoms with Crippen molar-refractivity contribution in [3.05, 3.63) is 63.5 Å². The van der Waals surface area contributed by atoms with Crippen LogP contribution in [0.25, 0.3) is 11.2 Å². The minimum atomic E-state index is -0.861. The van der Waals surface area contributed by atoms with Gasteiger partial charge >= 0.3 is 0 Å². The van der Waals surface area contributed by atoms with Crippen molar-refractivity contribution in [2.75, 3.05) is 0 Å². The number of rotatable bonds is 2. The number of furan rings is 1. The molecular formula is C15H9O5-. The van der Waals surface area contributed by atoms with E-state index in [0.717, 1.165) is 0 Å². The summed E-state index contributed by atoms with van der Waals surface area (Å²) in [6.45, 7) is 1.56. The Morgan fingerprint density at radius 2 is 1.80 bits per heavy atom. The highest BCUT2D eigenvalue weighted by Crippen LogP contribution is 2.29. The summed E-state index contributed by atoms with van der Waals surface area (Å²) in [7, 11) is 0. The number of hydrogen-bond acceptors (Lipinski definition) is 5. The number of carbonyl (C=O) groups excluding carboxylic acids is 1. The van der Waals surface area contributed by atoms with E-state index >= 15 is 0 Å². The van der Waals surface area contributed by atoms with E-state index < -0.39 is 17.2 Å². The SMILES string of the molecule is Cc1cc(=O)c2oc([O-])c(C(=O)c3ccccc3)c2o1. The zero-order valence-corrected chi connectivity index (χ0v) is 10.5. The van der Waals surface area contributed by atoms with Gasteiger partial charge in [-0.1, -0.05) is 30.3 Å². The second kappa shape index (κ2) is 4.38. The fourth-order valence-corrected chi connectivity index (χ4v) is 2.03. The summed E-state index contributed by atoms with van der Waals surface area (Å²) in [5.41, 5.74) is -0.704. The van der Waals surface area contributed by atoms with E-state index in [4.69, 9.17) is 8.83 Å². The van der Waals surface area contributed by atoms with E-state index in [1.807, 2.05) is 0 Å². The molecule has 2 aromatic heterocycles. The molecule has 0 radical (unpaired) electrons. The Bertz CT molecular complexity index is 855. The third-order valence-electron chi connectivity index (χ3n) is 2.92. The molecule has 1 aromatic carbocycles. The van der Waals surface area contributed by atoms with Crippen molar-refractivity contribution in [3.63, 3.8) is 0 Å². The molecule has 0 saturated heterocycles. The minimum absolute atomic E-state index is 0.0890. The van der Waals surface area contributed by atoms with Crippen molar-refractivity contribution in [3.8, 4) is 5.95 Å². The van der Waals surface area contributed by atoms with Crippen molar-refractivity contribution >= 4 is 16.9 Å². The maximum absolute atomic E-state index is 12.3. The van der Waals surface area contributed by atoms with E-state index in [0.29, 0.717) is 11.3 Å². The molecule has 0 unspecified atom stereocenters. The molecule has 0 aliphatic rings. The third-order valence-corrected chi connectivity index (χ3v) is 2.92. The Labute approximate surface area is 113 Å². The first-order chi connectivity index (χ1) is 9.58. The number of ketones is 1. The molecular weight excluding hydrogens is 260 g/mol. The first-order valence-electron chi connectivity index (χ1n) is 5.92. The van der Waals surface area contributed by atoms with Crippen molar-refractivity contribution in [2.45, 2.75) is 6.92 Å². The van der Waals surface area contributed by atoms with Crippen LogP contribution in [0.3, 0.4) is 0 Å². The lowest BCUT2D eigenvalue weighted by Crippen LogP contribution is -2.05. The molecule has 0 amide bonds. The molecule has 5 nitrogen and oxygen atoms in total. The Morgan fingerprint density at radius 1 is 1.10 bits per heavy atom. The van der Waals surface area contributed by atoms with Crippen LogP contribution in [-0.2, 0) is 0 Å². The molecule has 0 aliphatic heterocycles. The highest BCUT2D eigenvalue weighted by Gasteiger charge is 2.19. The van der Waals surface area contributed by atoms with Gasteiger partial charge in [0.05, 0.1) is 11.5 Å². The largest absolute Gasteiger partial charge is 0.572 e. The van der Waals surface area contributed by atoms with Gasteiger partial charge in [0.2, 0.25) is 0 Å². The molecule has 5 heteroatoms. The van der Waals surface area contributed by atoms with Crippen molar-refractivity contribution in [2.24, 2.45) is 0 Å². The lowest BCUT2D eigenvalue weighted by molar-refractivity contribution is -0.293. The van der Waals surface area contributed by atoms with Crippen LogP contribution in [0.4, 0.5) is 0 Å². The smallest absolute Gasteiger partial charge is 0.199 e. The fourth-order valence-electron chi connectivity index (χ4n) is 2.03. The summed E-state index contributed by atoms with van der Waals surface area (Å²) in [5.74, 6) is -1.08. The van der Waals surface area contributed by atoms with Crippen LogP contribution >= 0.6 is 0 Å². The number of aryl methyl sites for hydroxylation is 1. The van der Waals surface area contributed by atoms with Gasteiger partial charge in [0.1, 0.15) is 11.3 Å². The van der Waals surface area contributed by atoms with Crippen molar-refractivity contribution in [1.29, 1.82) is 0 Å². The summed E-state index contributed by atoms with van der Waals surface area (Å²) in [5, 5.41) is 11.8. The van der Waals surface area contributed by atoms with Crippen LogP contribution in [0, 0.1) is 6.92 Å². The summed E-state index contributed by atoms with van der Waals surface area (Å²) >= 11 is 0. The van der Waals surface area contributed by atoms with Gasteiger partial charge < -0.3 is 13.9 Å². The van der Waals surface area contributed by atoms with E-state index in [-0.39, 0.29) is 16.7 Å². The number of benzene rings is 1. The van der Waals surface area contributed by atoms with Crippen LogP contribution in [0.5, 0.6) is 5.95 Å². The molecule has 2 heterocycles. The number of carbonyl (C=O) groups is 1.